The van der Waals surface area contributed by atoms with E-state index in [2.05, 4.69) is 15.3 Å². The van der Waals surface area contributed by atoms with Crippen molar-refractivity contribution in [3.05, 3.63) is 33.5 Å². The maximum absolute atomic E-state index is 12.4. The Balaban J connectivity index is 2.04. The largest absolute Gasteiger partial charge is 0.452 e. The molecule has 2 N–H and O–H groups in total. The van der Waals surface area contributed by atoms with Crippen molar-refractivity contribution >= 4 is 7.60 Å². The molecule has 2 aromatic heterocycles. The molecule has 0 amide bonds. The molecule has 0 aromatic carbocycles. The molecule has 1 unspecified atom stereocenters. The van der Waals surface area contributed by atoms with E-state index in [4.69, 9.17) is 9.05 Å². The molecule has 0 aliphatic carbocycles. The monoisotopic (exact) mass is 403 g/mol. The molecule has 0 aliphatic rings. The lowest BCUT2D eigenvalue weighted by atomic mass is 10.3. The van der Waals surface area contributed by atoms with E-state index in [9.17, 15) is 19.3 Å². The highest BCUT2D eigenvalue weighted by atomic mass is 31.2. The summed E-state index contributed by atoms with van der Waals surface area (Å²) < 4.78 is 26.2. The summed E-state index contributed by atoms with van der Waals surface area (Å²) in [5.41, 5.74) is -1.23. The van der Waals surface area contributed by atoms with Crippen molar-refractivity contribution in [3.8, 4) is 5.82 Å². The van der Waals surface area contributed by atoms with Gasteiger partial charge < -0.3 is 14.2 Å². The van der Waals surface area contributed by atoms with Gasteiger partial charge in [-0.3, -0.25) is 4.57 Å². The molecule has 0 radical (unpaired) electrons. The molecule has 27 heavy (non-hydrogen) atoms. The van der Waals surface area contributed by atoms with Gasteiger partial charge in [0.2, 0.25) is 12.1 Å². The molecule has 2 heterocycles. The maximum atomic E-state index is 12.4. The van der Waals surface area contributed by atoms with Gasteiger partial charge in [0.05, 0.1) is 32.6 Å². The Hall–Kier alpha value is -2.14. The van der Waals surface area contributed by atoms with Crippen molar-refractivity contribution in [1.29, 1.82) is 0 Å². The van der Waals surface area contributed by atoms with Gasteiger partial charge in [0, 0.05) is 0 Å². The Morgan fingerprint density at radius 3 is 2.63 bits per heavy atom. The fraction of sp³-hybridized carbons (Fsp3) is 0.643. The average molecular weight is 403 g/mol. The van der Waals surface area contributed by atoms with Crippen LogP contribution >= 0.6 is 7.60 Å². The number of aliphatic hydroxyl groups is 1. The first kappa shape index (κ1) is 21.2. The third-order valence-electron chi connectivity index (χ3n) is 3.64. The van der Waals surface area contributed by atoms with Crippen LogP contribution in [0.15, 0.2) is 22.1 Å². The van der Waals surface area contributed by atoms with Gasteiger partial charge in [-0.05, 0) is 26.7 Å². The summed E-state index contributed by atoms with van der Waals surface area (Å²) in [6.07, 6.45) is 2.39. The van der Waals surface area contributed by atoms with Crippen molar-refractivity contribution in [2.75, 3.05) is 19.4 Å². The topological polar surface area (TPSA) is 145 Å². The highest BCUT2D eigenvalue weighted by molar-refractivity contribution is 7.53. The number of hydrogen-bond acceptors (Lipinski definition) is 8. The summed E-state index contributed by atoms with van der Waals surface area (Å²) in [7, 11) is -1.69. The van der Waals surface area contributed by atoms with Gasteiger partial charge in [-0.1, -0.05) is 10.3 Å². The van der Waals surface area contributed by atoms with E-state index in [0.29, 0.717) is 6.42 Å². The number of aromatic nitrogens is 6. The third kappa shape index (κ3) is 5.42. The highest BCUT2D eigenvalue weighted by Gasteiger charge is 2.24. The molecule has 0 saturated carbocycles. The minimum atomic E-state index is -3.16. The van der Waals surface area contributed by atoms with E-state index >= 15 is 0 Å². The summed E-state index contributed by atoms with van der Waals surface area (Å²) >= 11 is 0. The summed E-state index contributed by atoms with van der Waals surface area (Å²) in [6, 6.07) is 0. The van der Waals surface area contributed by atoms with Crippen LogP contribution in [-0.4, -0.2) is 49.0 Å². The van der Waals surface area contributed by atoms with Gasteiger partial charge in [0.1, 0.15) is 6.23 Å². The van der Waals surface area contributed by atoms with Crippen LogP contribution in [0.3, 0.4) is 0 Å². The van der Waals surface area contributed by atoms with Crippen LogP contribution in [-0.2, 0) is 20.7 Å². The average Bonchev–Trinajstić information content (AvgIpc) is 3.08. The first-order chi connectivity index (χ1) is 12.8. The van der Waals surface area contributed by atoms with Crippen LogP contribution in [0.5, 0.6) is 0 Å². The zero-order valence-corrected chi connectivity index (χ0v) is 16.3. The quantitative estimate of drug-likeness (QED) is 0.398. The molecular formula is C14H24N6O6P+. The van der Waals surface area contributed by atoms with Gasteiger partial charge >= 0.3 is 19.0 Å². The van der Waals surface area contributed by atoms with E-state index < -0.39 is 25.2 Å². The van der Waals surface area contributed by atoms with Gasteiger partial charge in [-0.15, -0.1) is 4.57 Å². The first-order valence-corrected chi connectivity index (χ1v) is 10.2. The number of nitrogens with zero attached hydrogens (tertiary/aromatic N) is 5. The Morgan fingerprint density at radius 2 is 2.00 bits per heavy atom. The van der Waals surface area contributed by atoms with E-state index in [1.165, 1.54) is 28.8 Å². The molecule has 0 aliphatic heterocycles. The fourth-order valence-electron chi connectivity index (χ4n) is 2.36. The Morgan fingerprint density at radius 1 is 1.33 bits per heavy atom. The zero-order valence-electron chi connectivity index (χ0n) is 15.4. The molecule has 13 heteroatoms. The van der Waals surface area contributed by atoms with E-state index in [-0.39, 0.29) is 31.6 Å². The summed E-state index contributed by atoms with van der Waals surface area (Å²) in [4.78, 5) is 25.4. The van der Waals surface area contributed by atoms with Crippen molar-refractivity contribution < 1.29 is 23.3 Å². The number of H-pyrrole nitrogens is 1. The van der Waals surface area contributed by atoms with Crippen LogP contribution in [0.2, 0.25) is 0 Å². The number of rotatable bonds is 10. The second kappa shape index (κ2) is 9.18. The van der Waals surface area contributed by atoms with Crippen LogP contribution < -0.4 is 15.9 Å². The standard InChI is InChI=1S/C14H23N6O6P/c1-4-25-27(24,26-5-2)8-6-7-12(21)20-9-11(16-17-20)19-10-18(3)13(22)15-14(19)23/h9-10,12,21H,4-8H2,1-3H3/p+1. The van der Waals surface area contributed by atoms with Gasteiger partial charge in [0.15, 0.2) is 0 Å². The number of aliphatic hydroxyl groups excluding tert-OH is 1. The van der Waals surface area contributed by atoms with Gasteiger partial charge in [-0.2, -0.15) is 4.98 Å². The second-order valence-corrected chi connectivity index (χ2v) is 7.87. The van der Waals surface area contributed by atoms with Crippen LogP contribution in [0.25, 0.3) is 5.82 Å². The lowest BCUT2D eigenvalue weighted by Gasteiger charge is -2.17. The Bertz CT molecular complexity index is 911. The van der Waals surface area contributed by atoms with Crippen molar-refractivity contribution in [2.24, 2.45) is 7.05 Å². The third-order valence-corrected chi connectivity index (χ3v) is 5.81. The van der Waals surface area contributed by atoms with Gasteiger partial charge in [0.25, 0.3) is 0 Å². The summed E-state index contributed by atoms with van der Waals surface area (Å²) in [6.45, 7) is 4.02. The van der Waals surface area contributed by atoms with Gasteiger partial charge in [-0.25, -0.2) is 18.8 Å². The molecule has 12 nitrogen and oxygen atoms in total. The molecule has 150 valence electrons. The normalized spacial score (nSPS) is 13.0. The fourth-order valence-corrected chi connectivity index (χ4v) is 4.05. The Labute approximate surface area is 154 Å². The predicted octanol–water partition coefficient (Wildman–Crippen LogP) is -0.521. The SMILES string of the molecule is CCOP(=O)(CCCC(O)n1cc(-n2c[n+](C)c(=O)[nH]c2=O)nn1)OCC. The minimum Gasteiger partial charge on any atom is -0.372 e. The van der Waals surface area contributed by atoms with E-state index in [0.717, 1.165) is 4.57 Å². The molecule has 2 rings (SSSR count). The number of aromatic amines is 1. The molecule has 2 aromatic rings. The highest BCUT2D eigenvalue weighted by Crippen LogP contribution is 2.48. The molecule has 0 spiro atoms. The smallest absolute Gasteiger partial charge is 0.372 e. The lowest BCUT2D eigenvalue weighted by Crippen LogP contribution is -2.53. The summed E-state index contributed by atoms with van der Waals surface area (Å²) in [5, 5.41) is 17.9. The van der Waals surface area contributed by atoms with Crippen molar-refractivity contribution in [3.63, 3.8) is 0 Å². The van der Waals surface area contributed by atoms with Crippen molar-refractivity contribution in [2.45, 2.75) is 32.9 Å². The van der Waals surface area contributed by atoms with E-state index in [1.807, 2.05) is 0 Å². The zero-order chi connectivity index (χ0) is 20.0. The number of nitrogens with one attached hydrogen (secondary N) is 1. The first-order valence-electron chi connectivity index (χ1n) is 8.49. The number of aryl methyl sites for hydroxylation is 1. The number of hydrogen-bond donors (Lipinski definition) is 2. The maximum Gasteiger partial charge on any atom is 0.452 e. The second-order valence-electron chi connectivity index (χ2n) is 5.68. The van der Waals surface area contributed by atoms with Crippen LogP contribution in [0.1, 0.15) is 32.9 Å². The minimum absolute atomic E-state index is 0.139. The molecule has 0 saturated heterocycles. The molecule has 1 atom stereocenters. The molecule has 0 bridgehead atoms. The van der Waals surface area contributed by atoms with Crippen LogP contribution in [0, 0.1) is 0 Å². The summed E-state index contributed by atoms with van der Waals surface area (Å²) in [5.74, 6) is 0.139. The van der Waals surface area contributed by atoms with Crippen molar-refractivity contribution in [1.82, 2.24) is 24.5 Å². The molecular weight excluding hydrogens is 379 g/mol. The molecule has 0 fully saturated rings. The lowest BCUT2D eigenvalue weighted by molar-refractivity contribution is -0.693. The Kier molecular flexibility index (Phi) is 7.19. The van der Waals surface area contributed by atoms with E-state index in [1.54, 1.807) is 13.8 Å². The predicted molar refractivity (Wildman–Crippen MR) is 93.6 cm³/mol. The van der Waals surface area contributed by atoms with Crippen LogP contribution in [0.4, 0.5) is 0 Å².